The first kappa shape index (κ1) is 20.9. The van der Waals surface area contributed by atoms with E-state index in [9.17, 15) is 26.0 Å². The summed E-state index contributed by atoms with van der Waals surface area (Å²) in [5, 5.41) is 0. The third-order valence-electron chi connectivity index (χ3n) is 4.18. The van der Waals surface area contributed by atoms with E-state index in [-0.39, 0.29) is 30.7 Å². The lowest BCUT2D eigenvalue weighted by molar-refractivity contribution is -0.275. The largest absolute Gasteiger partial charge is 0.573 e. The van der Waals surface area contributed by atoms with Gasteiger partial charge in [-0.25, -0.2) is 12.8 Å². The molecule has 0 amide bonds. The number of ether oxygens (including phenoxy) is 1. The fraction of sp³-hybridized carbons (Fsp3) is 0.294. The summed E-state index contributed by atoms with van der Waals surface area (Å²) in [6.07, 6.45) is -5.03. The smallest absolute Gasteiger partial charge is 0.404 e. The molecular formula is C17H15BrF4N2O3S. The number of alkyl halides is 3. The Balaban J connectivity index is 1.82. The minimum Gasteiger partial charge on any atom is -0.404 e. The van der Waals surface area contributed by atoms with Crippen LogP contribution in [0.1, 0.15) is 0 Å². The Hall–Kier alpha value is -1.85. The third kappa shape index (κ3) is 4.58. The maximum atomic E-state index is 13.9. The maximum Gasteiger partial charge on any atom is 0.573 e. The highest BCUT2D eigenvalue weighted by Gasteiger charge is 2.36. The van der Waals surface area contributed by atoms with Crippen molar-refractivity contribution in [3.05, 3.63) is 52.8 Å². The van der Waals surface area contributed by atoms with E-state index >= 15 is 0 Å². The topological polar surface area (TPSA) is 49.9 Å². The van der Waals surface area contributed by atoms with Crippen LogP contribution in [-0.2, 0) is 10.0 Å². The molecule has 1 aliphatic rings. The highest BCUT2D eigenvalue weighted by Crippen LogP contribution is 2.34. The summed E-state index contributed by atoms with van der Waals surface area (Å²) >= 11 is 3.01. The van der Waals surface area contributed by atoms with E-state index < -0.39 is 32.8 Å². The molecule has 1 heterocycles. The van der Waals surface area contributed by atoms with Gasteiger partial charge < -0.3 is 9.64 Å². The van der Waals surface area contributed by atoms with E-state index in [0.29, 0.717) is 5.69 Å². The van der Waals surface area contributed by atoms with Crippen LogP contribution in [0, 0.1) is 5.82 Å². The van der Waals surface area contributed by atoms with E-state index in [1.807, 2.05) is 0 Å². The SMILES string of the molecule is O=S(=O)(c1ccc(Br)cc1OC(F)(F)F)N1CCN(c2ccccc2F)CC1. The quantitative estimate of drug-likeness (QED) is 0.618. The highest BCUT2D eigenvalue weighted by molar-refractivity contribution is 9.10. The zero-order valence-electron chi connectivity index (χ0n) is 14.3. The first-order valence-electron chi connectivity index (χ1n) is 8.13. The summed E-state index contributed by atoms with van der Waals surface area (Å²) in [4.78, 5) is 1.11. The molecule has 1 fully saturated rings. The van der Waals surface area contributed by atoms with Crippen molar-refractivity contribution < 1.29 is 30.7 Å². The molecule has 0 N–H and O–H groups in total. The average Bonchev–Trinajstić information content (AvgIpc) is 2.61. The molecule has 0 aromatic heterocycles. The Morgan fingerprint density at radius 1 is 1.00 bits per heavy atom. The Morgan fingerprint density at radius 3 is 2.25 bits per heavy atom. The minimum absolute atomic E-state index is 0.00180. The van der Waals surface area contributed by atoms with Gasteiger partial charge in [0.2, 0.25) is 10.0 Å². The molecule has 11 heteroatoms. The number of nitrogens with zero attached hydrogens (tertiary/aromatic N) is 2. The van der Waals surface area contributed by atoms with Crippen LogP contribution >= 0.6 is 15.9 Å². The highest BCUT2D eigenvalue weighted by atomic mass is 79.9. The molecular weight excluding hydrogens is 468 g/mol. The fourth-order valence-electron chi connectivity index (χ4n) is 2.92. The summed E-state index contributed by atoms with van der Waals surface area (Å²) in [5.41, 5.74) is 0.351. The van der Waals surface area contributed by atoms with Gasteiger partial charge in [-0.15, -0.1) is 13.2 Å². The molecule has 0 radical (unpaired) electrons. The molecule has 152 valence electrons. The van der Waals surface area contributed by atoms with Crippen molar-refractivity contribution in [1.82, 2.24) is 4.31 Å². The number of rotatable bonds is 4. The number of piperazine rings is 1. The van der Waals surface area contributed by atoms with E-state index in [4.69, 9.17) is 0 Å². The zero-order valence-corrected chi connectivity index (χ0v) is 16.7. The fourth-order valence-corrected chi connectivity index (χ4v) is 4.77. The Bertz CT molecular complexity index is 961. The van der Waals surface area contributed by atoms with E-state index in [0.717, 1.165) is 16.4 Å². The molecule has 0 aliphatic carbocycles. The minimum atomic E-state index is -5.03. The lowest BCUT2D eigenvalue weighted by atomic mass is 10.2. The number of benzene rings is 2. The third-order valence-corrected chi connectivity index (χ3v) is 6.61. The summed E-state index contributed by atoms with van der Waals surface area (Å²) in [7, 11) is -4.23. The molecule has 28 heavy (non-hydrogen) atoms. The van der Waals surface area contributed by atoms with Crippen LogP contribution in [-0.4, -0.2) is 45.3 Å². The molecule has 1 saturated heterocycles. The van der Waals surface area contributed by atoms with Crippen molar-refractivity contribution in [2.45, 2.75) is 11.3 Å². The molecule has 0 bridgehead atoms. The first-order valence-corrected chi connectivity index (χ1v) is 10.4. The van der Waals surface area contributed by atoms with Crippen LogP contribution in [0.2, 0.25) is 0 Å². The van der Waals surface area contributed by atoms with Gasteiger partial charge in [0.05, 0.1) is 5.69 Å². The second-order valence-electron chi connectivity index (χ2n) is 5.98. The molecule has 0 atom stereocenters. The summed E-state index contributed by atoms with van der Waals surface area (Å²) in [5.74, 6) is -1.23. The van der Waals surface area contributed by atoms with Crippen LogP contribution in [0.25, 0.3) is 0 Å². The molecule has 0 unspecified atom stereocenters. The van der Waals surface area contributed by atoms with Gasteiger partial charge in [0.25, 0.3) is 0 Å². The summed E-state index contributed by atoms with van der Waals surface area (Å²) < 4.78 is 82.9. The predicted octanol–water partition coefficient (Wildman–Crippen LogP) is 4.00. The molecule has 1 aliphatic heterocycles. The lowest BCUT2D eigenvalue weighted by Crippen LogP contribution is -2.49. The molecule has 0 saturated carbocycles. The Kier molecular flexibility index (Phi) is 5.87. The molecule has 3 rings (SSSR count). The van der Waals surface area contributed by atoms with Crippen LogP contribution in [0.3, 0.4) is 0 Å². The van der Waals surface area contributed by atoms with Crippen molar-refractivity contribution >= 4 is 31.6 Å². The van der Waals surface area contributed by atoms with Crippen LogP contribution in [0.5, 0.6) is 5.75 Å². The van der Waals surface area contributed by atoms with Gasteiger partial charge in [0.15, 0.2) is 5.75 Å². The standard InChI is InChI=1S/C17H15BrF4N2O3S/c18-12-5-6-16(15(11-12)27-17(20,21)22)28(25,26)24-9-7-23(8-10-24)14-4-2-1-3-13(14)19/h1-6,11H,7-10H2. The number of para-hydroxylation sites is 1. The van der Waals surface area contributed by atoms with Crippen LogP contribution in [0.4, 0.5) is 23.2 Å². The van der Waals surface area contributed by atoms with Crippen molar-refractivity contribution in [2.75, 3.05) is 31.1 Å². The van der Waals surface area contributed by atoms with Crippen LogP contribution in [0.15, 0.2) is 51.8 Å². The first-order chi connectivity index (χ1) is 13.1. The number of hydrogen-bond acceptors (Lipinski definition) is 4. The monoisotopic (exact) mass is 482 g/mol. The predicted molar refractivity (Wildman–Crippen MR) is 98.2 cm³/mol. The number of halogens is 5. The van der Waals surface area contributed by atoms with Gasteiger partial charge in [0.1, 0.15) is 10.7 Å². The Morgan fingerprint density at radius 2 is 1.64 bits per heavy atom. The van der Waals surface area contributed by atoms with E-state index in [1.54, 1.807) is 23.1 Å². The van der Waals surface area contributed by atoms with Crippen molar-refractivity contribution in [3.63, 3.8) is 0 Å². The van der Waals surface area contributed by atoms with Crippen LogP contribution < -0.4 is 9.64 Å². The van der Waals surface area contributed by atoms with Crippen molar-refractivity contribution in [1.29, 1.82) is 0 Å². The Labute approximate surface area is 167 Å². The van der Waals surface area contributed by atoms with Crippen molar-refractivity contribution in [3.8, 4) is 5.75 Å². The normalized spacial score (nSPS) is 16.2. The van der Waals surface area contributed by atoms with Gasteiger partial charge in [-0.2, -0.15) is 4.31 Å². The maximum absolute atomic E-state index is 13.9. The van der Waals surface area contributed by atoms with Gasteiger partial charge in [0, 0.05) is 30.7 Å². The summed E-state index contributed by atoms with van der Waals surface area (Å²) in [6, 6.07) is 9.45. The second-order valence-corrected chi connectivity index (χ2v) is 8.80. The van der Waals surface area contributed by atoms with E-state index in [2.05, 4.69) is 20.7 Å². The average molecular weight is 483 g/mol. The van der Waals surface area contributed by atoms with Gasteiger partial charge in [-0.1, -0.05) is 28.1 Å². The second kappa shape index (κ2) is 7.88. The van der Waals surface area contributed by atoms with Gasteiger partial charge in [-0.05, 0) is 30.3 Å². The van der Waals surface area contributed by atoms with Crippen molar-refractivity contribution in [2.24, 2.45) is 0 Å². The van der Waals surface area contributed by atoms with Gasteiger partial charge in [-0.3, -0.25) is 0 Å². The molecule has 0 spiro atoms. The molecule has 2 aromatic rings. The number of sulfonamides is 1. The molecule has 5 nitrogen and oxygen atoms in total. The number of anilines is 1. The zero-order chi connectivity index (χ0) is 20.5. The van der Waals surface area contributed by atoms with E-state index in [1.165, 1.54) is 12.1 Å². The van der Waals surface area contributed by atoms with Gasteiger partial charge >= 0.3 is 6.36 Å². The summed E-state index contributed by atoms with van der Waals surface area (Å²) in [6.45, 7) is 0.398. The lowest BCUT2D eigenvalue weighted by Gasteiger charge is -2.35. The molecule has 2 aromatic carbocycles. The number of hydrogen-bond donors (Lipinski definition) is 0.